The van der Waals surface area contributed by atoms with Gasteiger partial charge in [-0.3, -0.25) is 0 Å². The minimum Gasteiger partial charge on any atom is -0.486 e. The van der Waals surface area contributed by atoms with Crippen molar-refractivity contribution in [1.29, 1.82) is 0 Å². The Labute approximate surface area is 113 Å². The van der Waals surface area contributed by atoms with E-state index in [0.717, 1.165) is 44.3 Å². The maximum atomic E-state index is 5.64. The molecule has 0 aromatic heterocycles. The average molecular weight is 264 g/mol. The van der Waals surface area contributed by atoms with Gasteiger partial charge in [0.2, 0.25) is 0 Å². The molecule has 5 nitrogen and oxygen atoms in total. The Balaban J connectivity index is 1.49. The summed E-state index contributed by atoms with van der Waals surface area (Å²) in [7, 11) is 0. The maximum absolute atomic E-state index is 5.64. The SMILES string of the molecule is c1cc2c(cc1CNCC1CNCCO1)OCCO2. The van der Waals surface area contributed by atoms with Crippen LogP contribution in [-0.4, -0.2) is 45.6 Å². The first-order valence-corrected chi connectivity index (χ1v) is 6.83. The van der Waals surface area contributed by atoms with Crippen LogP contribution in [0.25, 0.3) is 0 Å². The highest BCUT2D eigenvalue weighted by Gasteiger charge is 2.14. The van der Waals surface area contributed by atoms with Crippen LogP contribution >= 0.6 is 0 Å². The molecule has 1 unspecified atom stereocenters. The van der Waals surface area contributed by atoms with E-state index >= 15 is 0 Å². The Bertz CT molecular complexity index is 419. The lowest BCUT2D eigenvalue weighted by Gasteiger charge is -2.24. The van der Waals surface area contributed by atoms with Crippen LogP contribution in [0.3, 0.4) is 0 Å². The number of hydrogen-bond donors (Lipinski definition) is 2. The summed E-state index contributed by atoms with van der Waals surface area (Å²) in [6.07, 6.45) is 0.269. The van der Waals surface area contributed by atoms with E-state index < -0.39 is 0 Å². The van der Waals surface area contributed by atoms with Gasteiger partial charge in [-0.05, 0) is 17.7 Å². The Morgan fingerprint density at radius 2 is 2.05 bits per heavy atom. The van der Waals surface area contributed by atoms with Crippen LogP contribution in [0.1, 0.15) is 5.56 Å². The molecule has 0 aliphatic carbocycles. The number of hydrogen-bond acceptors (Lipinski definition) is 5. The average Bonchev–Trinajstić information content (AvgIpc) is 2.48. The zero-order valence-corrected chi connectivity index (χ0v) is 11.0. The molecule has 0 spiro atoms. The van der Waals surface area contributed by atoms with Crippen molar-refractivity contribution in [3.63, 3.8) is 0 Å². The van der Waals surface area contributed by atoms with Crippen molar-refractivity contribution in [2.75, 3.05) is 39.5 Å². The van der Waals surface area contributed by atoms with Crippen molar-refractivity contribution in [1.82, 2.24) is 10.6 Å². The normalized spacial score (nSPS) is 22.2. The summed E-state index contributed by atoms with van der Waals surface area (Å²) < 4.78 is 16.7. The quantitative estimate of drug-likeness (QED) is 0.831. The minimum atomic E-state index is 0.269. The van der Waals surface area contributed by atoms with Gasteiger partial charge in [0.25, 0.3) is 0 Å². The van der Waals surface area contributed by atoms with Crippen molar-refractivity contribution in [3.05, 3.63) is 23.8 Å². The van der Waals surface area contributed by atoms with Crippen molar-refractivity contribution in [2.45, 2.75) is 12.6 Å². The number of fused-ring (bicyclic) bond motifs is 1. The van der Waals surface area contributed by atoms with Gasteiger partial charge in [0.1, 0.15) is 13.2 Å². The molecule has 1 saturated heterocycles. The number of nitrogens with one attached hydrogen (secondary N) is 2. The fourth-order valence-corrected chi connectivity index (χ4v) is 2.33. The molecule has 1 fully saturated rings. The van der Waals surface area contributed by atoms with Gasteiger partial charge in [-0.1, -0.05) is 6.07 Å². The summed E-state index contributed by atoms with van der Waals surface area (Å²) in [6, 6.07) is 6.09. The fraction of sp³-hybridized carbons (Fsp3) is 0.571. The molecule has 19 heavy (non-hydrogen) atoms. The molecule has 2 aliphatic rings. The fourth-order valence-electron chi connectivity index (χ4n) is 2.33. The standard InChI is InChI=1S/C14H20N2O3/c1-2-13-14(19-6-5-18-13)7-11(1)8-16-10-12-9-15-3-4-17-12/h1-2,7,12,15-16H,3-6,8-10H2. The monoisotopic (exact) mass is 264 g/mol. The van der Waals surface area contributed by atoms with Crippen molar-refractivity contribution < 1.29 is 14.2 Å². The number of ether oxygens (including phenoxy) is 3. The number of morpholine rings is 1. The predicted octanol–water partition coefficient (Wildman–Crippen LogP) is 0.536. The molecular weight excluding hydrogens is 244 g/mol. The second-order valence-corrected chi connectivity index (χ2v) is 4.81. The van der Waals surface area contributed by atoms with E-state index in [0.29, 0.717) is 13.2 Å². The molecule has 0 amide bonds. The van der Waals surface area contributed by atoms with Gasteiger partial charge in [0.15, 0.2) is 11.5 Å². The van der Waals surface area contributed by atoms with Gasteiger partial charge >= 0.3 is 0 Å². The van der Waals surface area contributed by atoms with Crippen LogP contribution in [0.4, 0.5) is 0 Å². The van der Waals surface area contributed by atoms with Crippen molar-refractivity contribution in [2.24, 2.45) is 0 Å². The first kappa shape index (κ1) is 12.7. The second-order valence-electron chi connectivity index (χ2n) is 4.81. The van der Waals surface area contributed by atoms with Gasteiger partial charge in [-0.25, -0.2) is 0 Å². The van der Waals surface area contributed by atoms with Gasteiger partial charge < -0.3 is 24.8 Å². The van der Waals surface area contributed by atoms with Crippen LogP contribution in [-0.2, 0) is 11.3 Å². The highest BCUT2D eigenvalue weighted by molar-refractivity contribution is 5.43. The Hall–Kier alpha value is -1.30. The Morgan fingerprint density at radius 1 is 1.16 bits per heavy atom. The second kappa shape index (κ2) is 6.23. The third-order valence-corrected chi connectivity index (χ3v) is 3.31. The Kier molecular flexibility index (Phi) is 4.17. The third-order valence-electron chi connectivity index (χ3n) is 3.31. The van der Waals surface area contributed by atoms with E-state index in [1.807, 2.05) is 12.1 Å². The van der Waals surface area contributed by atoms with Crippen molar-refractivity contribution >= 4 is 0 Å². The topological polar surface area (TPSA) is 51.8 Å². The van der Waals surface area contributed by atoms with Crippen LogP contribution in [0.5, 0.6) is 11.5 Å². The first-order valence-electron chi connectivity index (χ1n) is 6.83. The molecule has 1 atom stereocenters. The summed E-state index contributed by atoms with van der Waals surface area (Å²) in [6.45, 7) is 5.63. The molecule has 3 rings (SSSR count). The molecule has 1 aromatic carbocycles. The third kappa shape index (κ3) is 3.37. The first-order chi connectivity index (χ1) is 9.42. The molecule has 1 aromatic rings. The van der Waals surface area contributed by atoms with Gasteiger partial charge in [0, 0.05) is 26.2 Å². The maximum Gasteiger partial charge on any atom is 0.161 e. The lowest BCUT2D eigenvalue weighted by Crippen LogP contribution is -2.43. The molecule has 0 saturated carbocycles. The van der Waals surface area contributed by atoms with E-state index in [4.69, 9.17) is 14.2 Å². The number of rotatable bonds is 4. The molecule has 2 N–H and O–H groups in total. The molecule has 0 bridgehead atoms. The molecule has 2 heterocycles. The smallest absolute Gasteiger partial charge is 0.161 e. The molecule has 5 heteroatoms. The van der Waals surface area contributed by atoms with E-state index in [1.54, 1.807) is 0 Å². The predicted molar refractivity (Wildman–Crippen MR) is 71.7 cm³/mol. The van der Waals surface area contributed by atoms with E-state index in [1.165, 1.54) is 5.56 Å². The van der Waals surface area contributed by atoms with E-state index in [-0.39, 0.29) is 6.10 Å². The van der Waals surface area contributed by atoms with E-state index in [9.17, 15) is 0 Å². The lowest BCUT2D eigenvalue weighted by molar-refractivity contribution is 0.0290. The summed E-state index contributed by atoms with van der Waals surface area (Å²) in [5, 5.41) is 6.74. The highest BCUT2D eigenvalue weighted by atomic mass is 16.6. The van der Waals surface area contributed by atoms with Crippen molar-refractivity contribution in [3.8, 4) is 11.5 Å². The highest BCUT2D eigenvalue weighted by Crippen LogP contribution is 2.30. The Morgan fingerprint density at radius 3 is 2.89 bits per heavy atom. The summed E-state index contributed by atoms with van der Waals surface area (Å²) in [4.78, 5) is 0. The van der Waals surface area contributed by atoms with Gasteiger partial charge in [0.05, 0.1) is 12.7 Å². The lowest BCUT2D eigenvalue weighted by atomic mass is 10.2. The summed E-state index contributed by atoms with van der Waals surface area (Å²) in [5.41, 5.74) is 1.20. The van der Waals surface area contributed by atoms with E-state index in [2.05, 4.69) is 16.7 Å². The molecule has 2 aliphatic heterocycles. The largest absolute Gasteiger partial charge is 0.486 e. The minimum absolute atomic E-state index is 0.269. The molecule has 104 valence electrons. The molecular formula is C14H20N2O3. The van der Waals surface area contributed by atoms with Gasteiger partial charge in [-0.2, -0.15) is 0 Å². The summed E-state index contributed by atoms with van der Waals surface area (Å²) >= 11 is 0. The van der Waals surface area contributed by atoms with Crippen LogP contribution in [0, 0.1) is 0 Å². The zero-order valence-electron chi connectivity index (χ0n) is 11.0. The van der Waals surface area contributed by atoms with Crippen LogP contribution < -0.4 is 20.1 Å². The van der Waals surface area contributed by atoms with Gasteiger partial charge in [-0.15, -0.1) is 0 Å². The summed E-state index contributed by atoms with van der Waals surface area (Å²) in [5.74, 6) is 1.69. The number of benzene rings is 1. The van der Waals surface area contributed by atoms with Crippen LogP contribution in [0.2, 0.25) is 0 Å². The molecule has 0 radical (unpaired) electrons. The van der Waals surface area contributed by atoms with Crippen LogP contribution in [0.15, 0.2) is 18.2 Å². The zero-order chi connectivity index (χ0) is 12.9.